The van der Waals surface area contributed by atoms with Crippen molar-refractivity contribution in [3.8, 4) is 5.75 Å². The Morgan fingerprint density at radius 2 is 1.81 bits per heavy atom. The van der Waals surface area contributed by atoms with Gasteiger partial charge < -0.3 is 15.5 Å². The zero-order valence-corrected chi connectivity index (χ0v) is 17.6. The molecule has 4 aromatic rings. The van der Waals surface area contributed by atoms with Gasteiger partial charge in [-0.3, -0.25) is 9.78 Å². The number of rotatable bonds is 6. The van der Waals surface area contributed by atoms with E-state index >= 15 is 0 Å². The first-order valence-electron chi connectivity index (χ1n) is 9.38. The van der Waals surface area contributed by atoms with Crippen LogP contribution in [-0.4, -0.2) is 26.2 Å². The molecule has 156 valence electrons. The number of aromatic nitrogens is 2. The standard InChI is InChI=1S/C23H17Cl2N3O3/c24-17-7-3-5-15(20(17)25)21(28-18-8-1-2-9-26-18)16-11-13(12-19(29)30)14-6-4-10-27-22(14)23(16)31/h1-11,21,31H,12H2,(H,26,28)(H,29,30). The molecule has 0 bridgehead atoms. The number of carboxylic acid groups (broad SMARTS) is 1. The van der Waals surface area contributed by atoms with Crippen LogP contribution in [-0.2, 0) is 11.2 Å². The van der Waals surface area contributed by atoms with E-state index in [9.17, 15) is 15.0 Å². The SMILES string of the molecule is O=C(O)Cc1cc(C(Nc2ccccn2)c2cccc(Cl)c2Cl)c(O)c2ncccc12. The van der Waals surface area contributed by atoms with E-state index in [4.69, 9.17) is 23.2 Å². The maximum Gasteiger partial charge on any atom is 0.307 e. The number of phenolic OH excluding ortho intramolecular Hbond substituents is 1. The van der Waals surface area contributed by atoms with Gasteiger partial charge in [-0.15, -0.1) is 0 Å². The normalized spacial score (nSPS) is 11.9. The van der Waals surface area contributed by atoms with Gasteiger partial charge in [0.25, 0.3) is 0 Å². The molecule has 0 amide bonds. The smallest absolute Gasteiger partial charge is 0.307 e. The molecule has 4 rings (SSSR count). The van der Waals surface area contributed by atoms with Crippen LogP contribution in [0.15, 0.2) is 67.0 Å². The number of aromatic hydroxyl groups is 1. The summed E-state index contributed by atoms with van der Waals surface area (Å²) in [7, 11) is 0. The molecule has 6 nitrogen and oxygen atoms in total. The zero-order valence-electron chi connectivity index (χ0n) is 16.1. The molecule has 0 spiro atoms. The van der Waals surface area contributed by atoms with Crippen molar-refractivity contribution < 1.29 is 15.0 Å². The number of benzene rings is 2. The summed E-state index contributed by atoms with van der Waals surface area (Å²) in [5, 5.41) is 25.1. The third kappa shape index (κ3) is 4.26. The van der Waals surface area contributed by atoms with Gasteiger partial charge >= 0.3 is 5.97 Å². The molecule has 0 saturated heterocycles. The Bertz CT molecular complexity index is 1270. The molecule has 0 saturated carbocycles. The monoisotopic (exact) mass is 453 g/mol. The van der Waals surface area contributed by atoms with Gasteiger partial charge in [0.2, 0.25) is 0 Å². The third-order valence-electron chi connectivity index (χ3n) is 4.88. The van der Waals surface area contributed by atoms with Crippen molar-refractivity contribution in [2.45, 2.75) is 12.5 Å². The lowest BCUT2D eigenvalue weighted by molar-refractivity contribution is -0.136. The number of hydrogen-bond donors (Lipinski definition) is 3. The molecule has 0 aliphatic rings. The molecule has 2 heterocycles. The van der Waals surface area contributed by atoms with Gasteiger partial charge in [-0.1, -0.05) is 47.5 Å². The van der Waals surface area contributed by atoms with Crippen LogP contribution in [0, 0.1) is 0 Å². The third-order valence-corrected chi connectivity index (χ3v) is 5.72. The predicted molar refractivity (Wildman–Crippen MR) is 121 cm³/mol. The second-order valence-electron chi connectivity index (χ2n) is 6.88. The lowest BCUT2D eigenvalue weighted by Crippen LogP contribution is -2.15. The summed E-state index contributed by atoms with van der Waals surface area (Å²) in [6.07, 6.45) is 2.95. The van der Waals surface area contributed by atoms with Gasteiger partial charge in [0.15, 0.2) is 0 Å². The summed E-state index contributed by atoms with van der Waals surface area (Å²) >= 11 is 12.8. The van der Waals surface area contributed by atoms with E-state index in [-0.39, 0.29) is 12.2 Å². The molecular formula is C23H17Cl2N3O3. The van der Waals surface area contributed by atoms with Gasteiger partial charge in [-0.05, 0) is 41.5 Å². The number of anilines is 1. The summed E-state index contributed by atoms with van der Waals surface area (Å²) in [5.41, 5.74) is 1.85. The van der Waals surface area contributed by atoms with E-state index in [1.807, 2.05) is 6.07 Å². The highest BCUT2D eigenvalue weighted by molar-refractivity contribution is 6.42. The Morgan fingerprint density at radius 3 is 2.55 bits per heavy atom. The van der Waals surface area contributed by atoms with Crippen LogP contribution >= 0.6 is 23.2 Å². The average Bonchev–Trinajstić information content (AvgIpc) is 2.77. The molecule has 31 heavy (non-hydrogen) atoms. The second-order valence-corrected chi connectivity index (χ2v) is 7.66. The Kier molecular flexibility index (Phi) is 5.93. The summed E-state index contributed by atoms with van der Waals surface area (Å²) in [6, 6.07) is 15.0. The largest absolute Gasteiger partial charge is 0.505 e. The summed E-state index contributed by atoms with van der Waals surface area (Å²) in [5.74, 6) is -0.519. The van der Waals surface area contributed by atoms with E-state index in [1.165, 1.54) is 0 Å². The van der Waals surface area contributed by atoms with Crippen LogP contribution in [0.5, 0.6) is 5.75 Å². The molecule has 0 aliphatic heterocycles. The highest BCUT2D eigenvalue weighted by Gasteiger charge is 2.25. The molecule has 3 N–H and O–H groups in total. The van der Waals surface area contributed by atoms with Gasteiger partial charge in [0.1, 0.15) is 17.1 Å². The molecule has 0 radical (unpaired) electrons. The topological polar surface area (TPSA) is 95.3 Å². The first kappa shape index (κ1) is 20.9. The quantitative estimate of drug-likeness (QED) is 0.358. The Morgan fingerprint density at radius 1 is 1.00 bits per heavy atom. The van der Waals surface area contributed by atoms with Crippen molar-refractivity contribution in [2.24, 2.45) is 0 Å². The van der Waals surface area contributed by atoms with E-state index in [0.717, 1.165) is 0 Å². The number of nitrogens with one attached hydrogen (secondary N) is 1. The molecule has 2 aromatic heterocycles. The number of pyridine rings is 2. The maximum atomic E-state index is 11.5. The fourth-order valence-corrected chi connectivity index (χ4v) is 3.93. The number of fused-ring (bicyclic) bond motifs is 1. The minimum Gasteiger partial charge on any atom is -0.505 e. The minimum atomic E-state index is -0.989. The molecule has 1 unspecified atom stereocenters. The summed E-state index contributed by atoms with van der Waals surface area (Å²) in [4.78, 5) is 20.1. The van der Waals surface area contributed by atoms with Gasteiger partial charge in [-0.2, -0.15) is 0 Å². The van der Waals surface area contributed by atoms with Crippen molar-refractivity contribution in [3.05, 3.63) is 93.7 Å². The first-order valence-corrected chi connectivity index (χ1v) is 10.1. The Labute approximate surface area is 188 Å². The summed E-state index contributed by atoms with van der Waals surface area (Å²) < 4.78 is 0. The molecule has 2 aromatic carbocycles. The van der Waals surface area contributed by atoms with E-state index in [0.29, 0.717) is 43.5 Å². The van der Waals surface area contributed by atoms with Crippen LogP contribution < -0.4 is 5.32 Å². The zero-order chi connectivity index (χ0) is 22.0. The lowest BCUT2D eigenvalue weighted by Gasteiger charge is -2.24. The highest BCUT2D eigenvalue weighted by Crippen LogP contribution is 2.41. The van der Waals surface area contributed by atoms with E-state index in [2.05, 4.69) is 15.3 Å². The van der Waals surface area contributed by atoms with Crippen LogP contribution in [0.1, 0.15) is 22.7 Å². The first-order chi connectivity index (χ1) is 15.0. The van der Waals surface area contributed by atoms with Crippen LogP contribution in [0.4, 0.5) is 5.82 Å². The van der Waals surface area contributed by atoms with E-state index < -0.39 is 12.0 Å². The number of carboxylic acids is 1. The lowest BCUT2D eigenvalue weighted by atomic mass is 9.92. The minimum absolute atomic E-state index is 0.0748. The Hall–Kier alpha value is -3.35. The summed E-state index contributed by atoms with van der Waals surface area (Å²) in [6.45, 7) is 0. The Balaban J connectivity index is 1.97. The number of phenols is 1. The number of halogens is 2. The van der Waals surface area contributed by atoms with Crippen molar-refractivity contribution in [3.63, 3.8) is 0 Å². The molecule has 1 atom stereocenters. The highest BCUT2D eigenvalue weighted by atomic mass is 35.5. The molecule has 0 fully saturated rings. The van der Waals surface area contributed by atoms with Crippen LogP contribution in [0.25, 0.3) is 10.9 Å². The van der Waals surface area contributed by atoms with E-state index in [1.54, 1.807) is 60.9 Å². The second kappa shape index (κ2) is 8.79. The average molecular weight is 454 g/mol. The maximum absolute atomic E-state index is 11.5. The fraction of sp³-hybridized carbons (Fsp3) is 0.0870. The molecular weight excluding hydrogens is 437 g/mol. The van der Waals surface area contributed by atoms with Gasteiger partial charge in [0, 0.05) is 23.3 Å². The number of aliphatic carboxylic acids is 1. The van der Waals surface area contributed by atoms with Crippen molar-refractivity contribution in [1.82, 2.24) is 9.97 Å². The van der Waals surface area contributed by atoms with Crippen LogP contribution in [0.2, 0.25) is 10.0 Å². The van der Waals surface area contributed by atoms with Crippen LogP contribution in [0.3, 0.4) is 0 Å². The van der Waals surface area contributed by atoms with Crippen molar-refractivity contribution >= 4 is 45.9 Å². The number of carbonyl (C=O) groups is 1. The molecule has 0 aliphatic carbocycles. The fourth-order valence-electron chi connectivity index (χ4n) is 3.52. The number of hydrogen-bond acceptors (Lipinski definition) is 5. The van der Waals surface area contributed by atoms with Gasteiger partial charge in [0.05, 0.1) is 22.5 Å². The van der Waals surface area contributed by atoms with Crippen molar-refractivity contribution in [1.29, 1.82) is 0 Å². The number of nitrogens with zero attached hydrogens (tertiary/aromatic N) is 2. The predicted octanol–water partition coefficient (Wildman–Crippen LogP) is 5.47. The van der Waals surface area contributed by atoms with Crippen molar-refractivity contribution in [2.75, 3.05) is 5.32 Å². The molecule has 8 heteroatoms. The van der Waals surface area contributed by atoms with Gasteiger partial charge in [-0.25, -0.2) is 4.98 Å².